The zero-order chi connectivity index (χ0) is 15.1. The second-order valence-electron chi connectivity index (χ2n) is 5.29. The molecule has 2 aliphatic rings. The van der Waals surface area contributed by atoms with Gasteiger partial charge in [0.15, 0.2) is 18.1 Å². The first-order chi connectivity index (χ1) is 9.25. The molecule has 0 spiro atoms. The van der Waals surface area contributed by atoms with Crippen LogP contribution in [0.15, 0.2) is 0 Å². The van der Waals surface area contributed by atoms with Crippen LogP contribution in [0.1, 0.15) is 20.8 Å². The number of ether oxygens (including phenoxy) is 4. The van der Waals surface area contributed by atoms with Crippen LogP contribution >= 0.6 is 0 Å². The van der Waals surface area contributed by atoms with Crippen LogP contribution in [-0.4, -0.2) is 60.5 Å². The zero-order valence-electron chi connectivity index (χ0n) is 11.8. The van der Waals surface area contributed by atoms with Gasteiger partial charge in [0.25, 0.3) is 0 Å². The molecule has 8 heteroatoms. The SMILES string of the molecule is CO[C@H]1O[C@H]([C@@H](NC(C)=O)C(=O)O)[C@@H]2OC(C)(C)O[C@H]12. The number of carbonyl (C=O) groups is 2. The summed E-state index contributed by atoms with van der Waals surface area (Å²) >= 11 is 0. The second-order valence-corrected chi connectivity index (χ2v) is 5.29. The lowest BCUT2D eigenvalue weighted by molar-refractivity contribution is -0.230. The van der Waals surface area contributed by atoms with Crippen LogP contribution in [0.2, 0.25) is 0 Å². The van der Waals surface area contributed by atoms with Gasteiger partial charge in [0.2, 0.25) is 5.91 Å². The van der Waals surface area contributed by atoms with E-state index in [4.69, 9.17) is 18.9 Å². The fourth-order valence-corrected chi connectivity index (χ4v) is 2.55. The van der Waals surface area contributed by atoms with Crippen molar-refractivity contribution in [2.45, 2.75) is 57.2 Å². The summed E-state index contributed by atoms with van der Waals surface area (Å²) in [5.74, 6) is -2.52. The number of nitrogens with one attached hydrogen (secondary N) is 1. The van der Waals surface area contributed by atoms with Crippen LogP contribution in [0.4, 0.5) is 0 Å². The van der Waals surface area contributed by atoms with E-state index in [0.29, 0.717) is 0 Å². The molecule has 0 bridgehead atoms. The highest BCUT2D eigenvalue weighted by Crippen LogP contribution is 2.39. The molecule has 2 saturated heterocycles. The number of aliphatic carboxylic acids is 1. The number of carbonyl (C=O) groups excluding carboxylic acids is 1. The first-order valence-corrected chi connectivity index (χ1v) is 6.29. The quantitative estimate of drug-likeness (QED) is 0.716. The molecule has 2 aliphatic heterocycles. The molecule has 2 N–H and O–H groups in total. The van der Waals surface area contributed by atoms with Gasteiger partial charge in [-0.25, -0.2) is 4.79 Å². The Kier molecular flexibility index (Phi) is 4.01. The van der Waals surface area contributed by atoms with Gasteiger partial charge in [-0.3, -0.25) is 4.79 Å². The first kappa shape index (κ1) is 15.2. The summed E-state index contributed by atoms with van der Waals surface area (Å²) in [6.45, 7) is 4.69. The third-order valence-electron chi connectivity index (χ3n) is 3.23. The van der Waals surface area contributed by atoms with Gasteiger partial charge in [-0.15, -0.1) is 0 Å². The average Bonchev–Trinajstić information content (AvgIpc) is 2.78. The van der Waals surface area contributed by atoms with Crippen molar-refractivity contribution >= 4 is 11.9 Å². The molecular weight excluding hydrogens is 270 g/mol. The molecule has 5 atom stereocenters. The smallest absolute Gasteiger partial charge is 0.329 e. The Labute approximate surface area is 116 Å². The molecule has 0 radical (unpaired) electrons. The molecule has 2 fully saturated rings. The Morgan fingerprint density at radius 2 is 1.90 bits per heavy atom. The van der Waals surface area contributed by atoms with E-state index < -0.39 is 48.3 Å². The Balaban J connectivity index is 2.22. The minimum Gasteiger partial charge on any atom is -0.480 e. The fraction of sp³-hybridized carbons (Fsp3) is 0.833. The second kappa shape index (κ2) is 5.28. The number of fused-ring (bicyclic) bond motifs is 1. The first-order valence-electron chi connectivity index (χ1n) is 6.29. The van der Waals surface area contributed by atoms with Gasteiger partial charge in [0, 0.05) is 14.0 Å². The van der Waals surface area contributed by atoms with E-state index in [0.717, 1.165) is 0 Å². The average molecular weight is 289 g/mol. The lowest BCUT2D eigenvalue weighted by atomic mass is 10.0. The number of hydrogen-bond donors (Lipinski definition) is 2. The minimum absolute atomic E-state index is 0.461. The van der Waals surface area contributed by atoms with E-state index >= 15 is 0 Å². The van der Waals surface area contributed by atoms with Gasteiger partial charge in [0.05, 0.1) is 0 Å². The fourth-order valence-electron chi connectivity index (χ4n) is 2.55. The molecule has 2 heterocycles. The molecule has 0 aliphatic carbocycles. The van der Waals surface area contributed by atoms with Crippen LogP contribution < -0.4 is 5.32 Å². The van der Waals surface area contributed by atoms with Crippen molar-refractivity contribution in [3.8, 4) is 0 Å². The van der Waals surface area contributed by atoms with Gasteiger partial charge < -0.3 is 29.4 Å². The maximum Gasteiger partial charge on any atom is 0.329 e. The third-order valence-corrected chi connectivity index (χ3v) is 3.23. The highest BCUT2D eigenvalue weighted by molar-refractivity contribution is 5.82. The predicted molar refractivity (Wildman–Crippen MR) is 64.7 cm³/mol. The number of carboxylic acid groups (broad SMARTS) is 1. The van der Waals surface area contributed by atoms with E-state index in [9.17, 15) is 14.7 Å². The van der Waals surface area contributed by atoms with Crippen molar-refractivity contribution in [2.24, 2.45) is 0 Å². The van der Waals surface area contributed by atoms with E-state index in [1.54, 1.807) is 13.8 Å². The maximum absolute atomic E-state index is 11.3. The standard InChI is InChI=1S/C12H19NO7/c1-5(14)13-6(10(15)16)7-8-9(11(17-4)18-7)20-12(2,3)19-8/h6-9,11H,1-4H3,(H,13,14)(H,15,16)/t6-,7-,8+,9+,11+/m1/s1. The maximum atomic E-state index is 11.3. The molecule has 1 amide bonds. The van der Waals surface area contributed by atoms with Gasteiger partial charge in [-0.05, 0) is 13.8 Å². The highest BCUT2D eigenvalue weighted by atomic mass is 16.8. The van der Waals surface area contributed by atoms with Gasteiger partial charge in [-0.1, -0.05) is 0 Å². The number of hydrogen-bond acceptors (Lipinski definition) is 6. The third kappa shape index (κ3) is 2.78. The summed E-state index contributed by atoms with van der Waals surface area (Å²) in [4.78, 5) is 22.5. The summed E-state index contributed by atoms with van der Waals surface area (Å²) in [7, 11) is 1.44. The predicted octanol–water partition coefficient (Wildman–Crippen LogP) is -0.533. The van der Waals surface area contributed by atoms with E-state index in [1.807, 2.05) is 0 Å². The van der Waals surface area contributed by atoms with Crippen LogP contribution in [0.3, 0.4) is 0 Å². The summed E-state index contributed by atoms with van der Waals surface area (Å²) in [5.41, 5.74) is 0. The van der Waals surface area contributed by atoms with E-state index in [-0.39, 0.29) is 0 Å². The molecule has 8 nitrogen and oxygen atoms in total. The largest absolute Gasteiger partial charge is 0.480 e. The Hall–Kier alpha value is -1.22. The number of rotatable bonds is 4. The van der Waals surface area contributed by atoms with E-state index in [1.165, 1.54) is 14.0 Å². The van der Waals surface area contributed by atoms with Gasteiger partial charge in [-0.2, -0.15) is 0 Å². The molecule has 0 aromatic heterocycles. The topological polar surface area (TPSA) is 103 Å². The Bertz CT molecular complexity index is 411. The Morgan fingerprint density at radius 1 is 1.30 bits per heavy atom. The zero-order valence-corrected chi connectivity index (χ0v) is 11.8. The molecule has 0 unspecified atom stereocenters. The van der Waals surface area contributed by atoms with Gasteiger partial charge >= 0.3 is 5.97 Å². The summed E-state index contributed by atoms with van der Waals surface area (Å²) < 4.78 is 22.0. The molecule has 2 rings (SSSR count). The van der Waals surface area contributed by atoms with Crippen molar-refractivity contribution in [1.82, 2.24) is 5.32 Å². The van der Waals surface area contributed by atoms with Crippen LogP contribution in [0.5, 0.6) is 0 Å². The van der Waals surface area contributed by atoms with Crippen molar-refractivity contribution in [2.75, 3.05) is 7.11 Å². The summed E-state index contributed by atoms with van der Waals surface area (Å²) in [6.07, 6.45) is -2.77. The lowest BCUT2D eigenvalue weighted by Gasteiger charge is -2.26. The number of carboxylic acids is 1. The van der Waals surface area contributed by atoms with Crippen molar-refractivity contribution in [1.29, 1.82) is 0 Å². The molecule has 20 heavy (non-hydrogen) atoms. The molecule has 0 aromatic rings. The number of amides is 1. The minimum atomic E-state index is -1.22. The molecule has 114 valence electrons. The van der Waals surface area contributed by atoms with Crippen molar-refractivity contribution < 1.29 is 33.6 Å². The summed E-state index contributed by atoms with van der Waals surface area (Å²) in [5, 5.41) is 11.6. The molecule has 0 saturated carbocycles. The van der Waals surface area contributed by atoms with Crippen molar-refractivity contribution in [3.05, 3.63) is 0 Å². The van der Waals surface area contributed by atoms with Crippen LogP contribution in [0, 0.1) is 0 Å². The van der Waals surface area contributed by atoms with Gasteiger partial charge in [0.1, 0.15) is 18.3 Å². The lowest BCUT2D eigenvalue weighted by Crippen LogP contribution is -2.52. The highest BCUT2D eigenvalue weighted by Gasteiger charge is 2.58. The Morgan fingerprint density at radius 3 is 2.40 bits per heavy atom. The van der Waals surface area contributed by atoms with E-state index in [2.05, 4.69) is 5.32 Å². The molecular formula is C12H19NO7. The normalized spacial score (nSPS) is 36.4. The number of methoxy groups -OCH3 is 1. The molecule has 0 aromatic carbocycles. The monoisotopic (exact) mass is 289 g/mol. The summed E-state index contributed by atoms with van der Waals surface area (Å²) in [6, 6.07) is -1.22. The van der Waals surface area contributed by atoms with Crippen LogP contribution in [0.25, 0.3) is 0 Å². The van der Waals surface area contributed by atoms with Crippen molar-refractivity contribution in [3.63, 3.8) is 0 Å². The van der Waals surface area contributed by atoms with Crippen LogP contribution in [-0.2, 0) is 28.5 Å².